The Kier molecular flexibility index (Phi) is 7.99. The monoisotopic (exact) mass is 752 g/mol. The number of hydrogen-bond donors (Lipinski definition) is 1. The summed E-state index contributed by atoms with van der Waals surface area (Å²) in [6.45, 7) is 0. The van der Waals surface area contributed by atoms with Gasteiger partial charge in [-0.15, -0.1) is 5.46 Å². The van der Waals surface area contributed by atoms with Crippen LogP contribution in [0.2, 0.25) is 0 Å². The Balaban J connectivity index is 1.26. The van der Waals surface area contributed by atoms with Gasteiger partial charge >= 0.3 is 0 Å². The van der Waals surface area contributed by atoms with Crippen molar-refractivity contribution in [2.24, 2.45) is 0 Å². The molecule has 0 spiro atoms. The van der Waals surface area contributed by atoms with Gasteiger partial charge in [-0.3, -0.25) is 4.57 Å². The number of para-hydroxylation sites is 4. The first-order valence-electron chi connectivity index (χ1n) is 20.2. The van der Waals surface area contributed by atoms with E-state index in [1.54, 1.807) is 0 Å². The molecule has 2 heterocycles. The lowest BCUT2D eigenvalue weighted by Crippen LogP contribution is -2.48. The molecule has 0 radical (unpaired) electrons. The molecule has 0 saturated heterocycles. The van der Waals surface area contributed by atoms with Crippen molar-refractivity contribution in [2.75, 3.05) is 0 Å². The second-order valence-electron chi connectivity index (χ2n) is 15.7. The smallest absolute Gasteiger partial charge is 0.148 e. The quantitative estimate of drug-likeness (QED) is 0.159. The van der Waals surface area contributed by atoms with Crippen LogP contribution in [-0.2, 0) is 0 Å². The van der Waals surface area contributed by atoms with Gasteiger partial charge in [-0.1, -0.05) is 138 Å². The third kappa shape index (κ3) is 5.33. The Morgan fingerprint density at radius 3 is 1.88 bits per heavy atom. The van der Waals surface area contributed by atoms with Crippen LogP contribution in [0.1, 0.15) is 0 Å². The number of aromatic nitrogens is 2. The molecule has 1 N–H and O–H groups in total. The van der Waals surface area contributed by atoms with E-state index in [0.717, 1.165) is 116 Å². The maximum Gasteiger partial charge on any atom is 0.148 e. The lowest BCUT2D eigenvalue weighted by atomic mass is 9.65. The lowest BCUT2D eigenvalue weighted by Gasteiger charge is -2.22. The van der Waals surface area contributed by atoms with E-state index in [9.17, 15) is 5.11 Å². The highest BCUT2D eigenvalue weighted by Gasteiger charge is 2.26. The number of furan rings is 1. The molecule has 0 bridgehead atoms. The normalized spacial score (nSPS) is 11.7. The van der Waals surface area contributed by atoms with E-state index in [1.807, 2.05) is 26.0 Å². The lowest BCUT2D eigenvalue weighted by molar-refractivity contribution is 0.482. The van der Waals surface area contributed by atoms with Crippen molar-refractivity contribution in [3.8, 4) is 56.2 Å². The van der Waals surface area contributed by atoms with Crippen molar-refractivity contribution in [3.05, 3.63) is 164 Å². The van der Waals surface area contributed by atoms with Crippen LogP contribution in [0.3, 0.4) is 0 Å². The van der Waals surface area contributed by atoms with E-state index in [2.05, 4.69) is 174 Å². The summed E-state index contributed by atoms with van der Waals surface area (Å²) < 4.78 is 8.56. The third-order valence-corrected chi connectivity index (χ3v) is 12.6. The highest BCUT2D eigenvalue weighted by atomic mass is 16.3. The van der Waals surface area contributed by atoms with Crippen LogP contribution in [0.4, 0.5) is 0 Å². The van der Waals surface area contributed by atoms with Crippen molar-refractivity contribution in [2.45, 2.75) is 0 Å². The molecule has 0 saturated carbocycles. The predicted molar refractivity (Wildman–Crippen MR) is 259 cm³/mol. The van der Waals surface area contributed by atoms with Gasteiger partial charge in [0.15, 0.2) is 0 Å². The Morgan fingerprint density at radius 1 is 0.441 bits per heavy atom. The highest BCUT2D eigenvalue weighted by Crippen LogP contribution is 2.48. The summed E-state index contributed by atoms with van der Waals surface area (Å²) in [5.74, 6) is 0.993. The molecular formula is C51H36B4N2O2. The highest BCUT2D eigenvalue weighted by molar-refractivity contribution is 6.64. The van der Waals surface area contributed by atoms with E-state index in [-0.39, 0.29) is 5.75 Å². The summed E-state index contributed by atoms with van der Waals surface area (Å²) in [6.07, 6.45) is 0. The Bertz CT molecular complexity index is 3490. The summed E-state index contributed by atoms with van der Waals surface area (Å²) in [5, 5.41) is 18.7. The molecular weight excluding hydrogens is 716 g/mol. The largest absolute Gasteiger partial charge is 0.508 e. The molecule has 11 rings (SSSR count). The number of hydrogen-bond acceptors (Lipinski definition) is 3. The summed E-state index contributed by atoms with van der Waals surface area (Å²) in [4.78, 5) is 5.29. The Morgan fingerprint density at radius 2 is 1.05 bits per heavy atom. The first kappa shape index (κ1) is 35.0. The number of aromatic hydroxyl groups is 1. The second kappa shape index (κ2) is 13.5. The van der Waals surface area contributed by atoms with E-state index in [4.69, 9.17) is 9.40 Å². The number of nitrogens with zero attached hydrogens (tertiary/aromatic N) is 2. The van der Waals surface area contributed by atoms with Gasteiger partial charge in [-0.05, 0) is 91.8 Å². The molecule has 2 aromatic heterocycles. The van der Waals surface area contributed by atoms with Gasteiger partial charge in [0, 0.05) is 16.3 Å². The molecule has 11 aromatic rings. The van der Waals surface area contributed by atoms with Gasteiger partial charge in [0.2, 0.25) is 0 Å². The first-order valence-corrected chi connectivity index (χ1v) is 20.2. The number of phenols is 1. The summed E-state index contributed by atoms with van der Waals surface area (Å²) >= 11 is 0. The standard InChI is InChI=1S/C51H36B4N2O2/c52-46-45(50(58)49(55)48(54)47(46)53)51-56-38-18-8-10-20-40(38)57(51)39-19-9-6-17-35(39)44-33-16-5-4-15-32(33)43(37-26-29(22-24-34(37)44)28-12-2-1-3-13-28)30-23-25-42-36(27-30)31-14-7-11-21-41(31)59-42/h1-27,58H,52-55H2. The Labute approximate surface area is 345 Å². The molecule has 0 unspecified atom stereocenters. The van der Waals surface area contributed by atoms with Crippen molar-refractivity contribution in [3.63, 3.8) is 0 Å². The molecule has 0 aliphatic heterocycles. The summed E-state index contributed by atoms with van der Waals surface area (Å²) in [5.41, 5.74) is 16.4. The topological polar surface area (TPSA) is 51.2 Å². The average Bonchev–Trinajstić information content (AvgIpc) is 3.85. The zero-order chi connectivity index (χ0) is 39.9. The average molecular weight is 752 g/mol. The van der Waals surface area contributed by atoms with Gasteiger partial charge in [0.25, 0.3) is 0 Å². The number of rotatable bonds is 5. The molecule has 8 heteroatoms. The molecule has 59 heavy (non-hydrogen) atoms. The second-order valence-corrected chi connectivity index (χ2v) is 15.7. The summed E-state index contributed by atoms with van der Waals surface area (Å²) in [7, 11) is 8.31. The number of imidazole rings is 1. The molecule has 0 amide bonds. The fraction of sp³-hybridized carbons (Fsp3) is 0. The molecule has 0 fully saturated rings. The molecule has 274 valence electrons. The van der Waals surface area contributed by atoms with Crippen LogP contribution in [0.5, 0.6) is 5.75 Å². The van der Waals surface area contributed by atoms with Crippen LogP contribution in [-0.4, -0.2) is 46.0 Å². The van der Waals surface area contributed by atoms with Crippen LogP contribution in [0, 0.1) is 0 Å². The zero-order valence-corrected chi connectivity index (χ0v) is 33.3. The molecule has 0 aliphatic carbocycles. The predicted octanol–water partition coefficient (Wildman–Crippen LogP) is 6.64. The number of benzene rings is 9. The van der Waals surface area contributed by atoms with E-state index < -0.39 is 0 Å². The minimum atomic E-state index is 0.274. The van der Waals surface area contributed by atoms with Gasteiger partial charge in [-0.25, -0.2) is 4.98 Å². The Hall–Kier alpha value is -7.17. The maximum atomic E-state index is 11.9. The van der Waals surface area contributed by atoms with Crippen molar-refractivity contribution >= 4 is 108 Å². The minimum absolute atomic E-state index is 0.274. The van der Waals surface area contributed by atoms with Gasteiger partial charge in [-0.2, -0.15) is 0 Å². The van der Waals surface area contributed by atoms with Crippen molar-refractivity contribution < 1.29 is 9.52 Å². The number of fused-ring (bicyclic) bond motifs is 6. The molecule has 0 atom stereocenters. The third-order valence-electron chi connectivity index (χ3n) is 12.6. The fourth-order valence-electron chi connectivity index (χ4n) is 9.36. The van der Waals surface area contributed by atoms with Gasteiger partial charge in [0.1, 0.15) is 54.1 Å². The van der Waals surface area contributed by atoms with E-state index in [0.29, 0.717) is 0 Å². The fourth-order valence-corrected chi connectivity index (χ4v) is 9.36. The zero-order valence-electron chi connectivity index (χ0n) is 33.3. The molecule has 0 aliphatic rings. The molecule has 9 aromatic carbocycles. The van der Waals surface area contributed by atoms with Gasteiger partial charge in [0.05, 0.1) is 22.3 Å². The van der Waals surface area contributed by atoms with Crippen LogP contribution < -0.4 is 21.9 Å². The van der Waals surface area contributed by atoms with Crippen LogP contribution in [0.15, 0.2) is 168 Å². The first-order chi connectivity index (χ1) is 28.9. The van der Waals surface area contributed by atoms with Crippen molar-refractivity contribution in [1.29, 1.82) is 0 Å². The molecule has 4 nitrogen and oxygen atoms in total. The number of phenolic OH excluding ortho intramolecular Hbond substituents is 1. The van der Waals surface area contributed by atoms with Crippen LogP contribution in [0.25, 0.3) is 105 Å². The van der Waals surface area contributed by atoms with E-state index >= 15 is 0 Å². The minimum Gasteiger partial charge on any atom is -0.508 e. The van der Waals surface area contributed by atoms with Crippen LogP contribution >= 0.6 is 0 Å². The van der Waals surface area contributed by atoms with E-state index in [1.165, 1.54) is 11.1 Å². The van der Waals surface area contributed by atoms with Gasteiger partial charge < -0.3 is 9.52 Å². The summed E-state index contributed by atoms with van der Waals surface area (Å²) in [6, 6.07) is 58.2. The SMILES string of the molecule is Bc1c(B)c(B)c(-c2nc3ccccc3n2-c2ccccc2-c2c3ccccc3c(-c3ccc4oc5ccccc5c4c3)c3cc(-c4ccccc4)ccc23)c(O)c1B. The maximum absolute atomic E-state index is 11.9. The van der Waals surface area contributed by atoms with Crippen molar-refractivity contribution in [1.82, 2.24) is 9.55 Å².